The van der Waals surface area contributed by atoms with E-state index in [-0.39, 0.29) is 24.0 Å². The van der Waals surface area contributed by atoms with E-state index < -0.39 is 0 Å². The number of benzene rings is 1. The van der Waals surface area contributed by atoms with Crippen LogP contribution in [0.1, 0.15) is 37.4 Å². The lowest BCUT2D eigenvalue weighted by molar-refractivity contribution is 0.656. The number of aromatic nitrogens is 1. The van der Waals surface area contributed by atoms with E-state index in [0.29, 0.717) is 6.54 Å². The smallest absolute Gasteiger partial charge is 0.191 e. The Hall–Kier alpha value is -1.63. The van der Waals surface area contributed by atoms with Crippen molar-refractivity contribution in [3.63, 3.8) is 0 Å². The molecule has 0 spiro atoms. The molecule has 1 heterocycles. The average molecular weight is 452 g/mol. The molecule has 0 aliphatic heterocycles. The van der Waals surface area contributed by atoms with Crippen molar-refractivity contribution in [1.29, 1.82) is 0 Å². The molecule has 0 saturated heterocycles. The third-order valence-corrected chi connectivity index (χ3v) is 3.75. The van der Waals surface area contributed by atoms with E-state index in [0.717, 1.165) is 37.6 Å². The molecule has 2 aromatic rings. The summed E-state index contributed by atoms with van der Waals surface area (Å²) in [5.74, 6) is 0.867. The van der Waals surface area contributed by atoms with Crippen molar-refractivity contribution in [3.8, 4) is 0 Å². The van der Waals surface area contributed by atoms with Crippen LogP contribution in [0.15, 0.2) is 59.7 Å². The standard InChI is InChI=1S/C20H28N4.HI/c1-2-21-20(24-17-19-14-8-10-15-22-19)23-16-9-4-7-13-18-11-5-3-6-12-18;/h3,5-6,8,10-12,14-15H,2,4,7,9,13,16-17H2,1H3,(H2,21,23,24);1H. The van der Waals surface area contributed by atoms with Crippen LogP contribution < -0.4 is 10.6 Å². The van der Waals surface area contributed by atoms with Crippen molar-refractivity contribution in [2.24, 2.45) is 4.99 Å². The van der Waals surface area contributed by atoms with E-state index in [1.165, 1.54) is 18.4 Å². The topological polar surface area (TPSA) is 49.3 Å². The molecule has 1 aromatic heterocycles. The van der Waals surface area contributed by atoms with Gasteiger partial charge < -0.3 is 10.6 Å². The minimum atomic E-state index is 0. The molecule has 0 aliphatic carbocycles. The van der Waals surface area contributed by atoms with Gasteiger partial charge in [-0.1, -0.05) is 42.8 Å². The highest BCUT2D eigenvalue weighted by Crippen LogP contribution is 2.05. The van der Waals surface area contributed by atoms with Crippen LogP contribution in [0.4, 0.5) is 0 Å². The van der Waals surface area contributed by atoms with Gasteiger partial charge in [0, 0.05) is 19.3 Å². The second-order valence-corrected chi connectivity index (χ2v) is 5.74. The summed E-state index contributed by atoms with van der Waals surface area (Å²) in [6.45, 7) is 4.49. The van der Waals surface area contributed by atoms with Gasteiger partial charge in [-0.15, -0.1) is 24.0 Å². The molecule has 1 aromatic carbocycles. The Morgan fingerprint density at radius 3 is 2.48 bits per heavy atom. The second-order valence-electron chi connectivity index (χ2n) is 5.74. The molecule has 2 rings (SSSR count). The van der Waals surface area contributed by atoms with Gasteiger partial charge in [0.25, 0.3) is 0 Å². The zero-order valence-electron chi connectivity index (χ0n) is 14.9. The summed E-state index contributed by atoms with van der Waals surface area (Å²) in [4.78, 5) is 8.88. The molecular formula is C20H29IN4. The molecule has 2 N–H and O–H groups in total. The molecule has 0 saturated carbocycles. The number of halogens is 1. The number of aryl methyl sites for hydroxylation is 1. The molecule has 4 nitrogen and oxygen atoms in total. The Morgan fingerprint density at radius 2 is 1.76 bits per heavy atom. The van der Waals surface area contributed by atoms with Crippen LogP contribution in [-0.2, 0) is 13.0 Å². The van der Waals surface area contributed by atoms with Gasteiger partial charge in [-0.25, -0.2) is 4.99 Å². The van der Waals surface area contributed by atoms with Gasteiger partial charge >= 0.3 is 0 Å². The van der Waals surface area contributed by atoms with Crippen molar-refractivity contribution in [3.05, 3.63) is 66.0 Å². The van der Waals surface area contributed by atoms with Crippen LogP contribution in [0.3, 0.4) is 0 Å². The molecule has 0 atom stereocenters. The van der Waals surface area contributed by atoms with Gasteiger partial charge in [0.1, 0.15) is 0 Å². The van der Waals surface area contributed by atoms with E-state index in [1.54, 1.807) is 6.20 Å². The highest BCUT2D eigenvalue weighted by molar-refractivity contribution is 14.0. The number of guanidine groups is 1. The molecule has 5 heteroatoms. The van der Waals surface area contributed by atoms with Crippen LogP contribution in [0.5, 0.6) is 0 Å². The fourth-order valence-electron chi connectivity index (χ4n) is 2.48. The Kier molecular flexibility index (Phi) is 11.7. The van der Waals surface area contributed by atoms with Gasteiger partial charge in [0.2, 0.25) is 0 Å². The summed E-state index contributed by atoms with van der Waals surface area (Å²) in [5, 5.41) is 6.68. The van der Waals surface area contributed by atoms with Gasteiger partial charge in [0.05, 0.1) is 12.2 Å². The zero-order valence-corrected chi connectivity index (χ0v) is 17.3. The predicted molar refractivity (Wildman–Crippen MR) is 116 cm³/mol. The Morgan fingerprint density at radius 1 is 0.960 bits per heavy atom. The maximum atomic E-state index is 4.58. The molecule has 0 aliphatic rings. The number of unbranched alkanes of at least 4 members (excludes halogenated alkanes) is 2. The molecule has 25 heavy (non-hydrogen) atoms. The number of hydrogen-bond donors (Lipinski definition) is 2. The lowest BCUT2D eigenvalue weighted by Crippen LogP contribution is -2.37. The minimum absolute atomic E-state index is 0. The number of rotatable bonds is 9. The third kappa shape index (κ3) is 9.43. The summed E-state index contributed by atoms with van der Waals surface area (Å²) >= 11 is 0. The molecule has 0 fully saturated rings. The summed E-state index contributed by atoms with van der Waals surface area (Å²) < 4.78 is 0. The van der Waals surface area contributed by atoms with Crippen molar-refractivity contribution in [1.82, 2.24) is 15.6 Å². The van der Waals surface area contributed by atoms with Gasteiger partial charge in [-0.2, -0.15) is 0 Å². The second kappa shape index (κ2) is 13.6. The normalized spacial score (nSPS) is 10.8. The largest absolute Gasteiger partial charge is 0.357 e. The van der Waals surface area contributed by atoms with Crippen molar-refractivity contribution in [2.45, 2.75) is 39.2 Å². The number of pyridine rings is 1. The first-order chi connectivity index (χ1) is 11.9. The molecule has 0 bridgehead atoms. The molecule has 0 amide bonds. The first kappa shape index (κ1) is 21.4. The van der Waals surface area contributed by atoms with Crippen LogP contribution in [0, 0.1) is 0 Å². The number of nitrogens with one attached hydrogen (secondary N) is 2. The van der Waals surface area contributed by atoms with Crippen molar-refractivity contribution < 1.29 is 0 Å². The fraction of sp³-hybridized carbons (Fsp3) is 0.400. The van der Waals surface area contributed by atoms with Crippen molar-refractivity contribution in [2.75, 3.05) is 13.1 Å². The summed E-state index contributed by atoms with van der Waals surface area (Å²) in [5.41, 5.74) is 2.41. The lowest BCUT2D eigenvalue weighted by Gasteiger charge is -2.11. The maximum absolute atomic E-state index is 4.58. The Labute approximate surface area is 168 Å². The van der Waals surface area contributed by atoms with E-state index in [1.807, 2.05) is 18.2 Å². The van der Waals surface area contributed by atoms with E-state index >= 15 is 0 Å². The number of nitrogens with zero attached hydrogens (tertiary/aromatic N) is 2. The number of hydrogen-bond acceptors (Lipinski definition) is 2. The fourth-order valence-corrected chi connectivity index (χ4v) is 2.48. The van der Waals surface area contributed by atoms with E-state index in [9.17, 15) is 0 Å². The predicted octanol–water partition coefficient (Wildman–Crippen LogP) is 4.17. The maximum Gasteiger partial charge on any atom is 0.191 e. The van der Waals surface area contributed by atoms with Crippen LogP contribution >= 0.6 is 24.0 Å². The lowest BCUT2D eigenvalue weighted by atomic mass is 10.1. The summed E-state index contributed by atoms with van der Waals surface area (Å²) in [6.07, 6.45) is 6.57. The quantitative estimate of drug-likeness (QED) is 0.260. The van der Waals surface area contributed by atoms with Gasteiger partial charge in [0.15, 0.2) is 5.96 Å². The van der Waals surface area contributed by atoms with Crippen LogP contribution in [0.25, 0.3) is 0 Å². The van der Waals surface area contributed by atoms with Crippen LogP contribution in [0.2, 0.25) is 0 Å². The van der Waals surface area contributed by atoms with E-state index in [4.69, 9.17) is 0 Å². The molecular weight excluding hydrogens is 423 g/mol. The number of aliphatic imine (C=N–C) groups is 1. The SMILES string of the molecule is CCNC(=NCc1ccccn1)NCCCCCc1ccccc1.I. The minimum Gasteiger partial charge on any atom is -0.357 e. The summed E-state index contributed by atoms with van der Waals surface area (Å²) in [7, 11) is 0. The molecule has 136 valence electrons. The zero-order chi connectivity index (χ0) is 16.9. The van der Waals surface area contributed by atoms with Crippen molar-refractivity contribution >= 4 is 29.9 Å². The highest BCUT2D eigenvalue weighted by atomic mass is 127. The average Bonchev–Trinajstić information content (AvgIpc) is 2.64. The van der Waals surface area contributed by atoms with Crippen LogP contribution in [-0.4, -0.2) is 24.0 Å². The molecule has 0 unspecified atom stereocenters. The summed E-state index contributed by atoms with van der Waals surface area (Å²) in [6, 6.07) is 16.6. The third-order valence-electron chi connectivity index (χ3n) is 3.75. The highest BCUT2D eigenvalue weighted by Gasteiger charge is 1.98. The Bertz CT molecular complexity index is 587. The molecule has 0 radical (unpaired) electrons. The monoisotopic (exact) mass is 452 g/mol. The first-order valence-corrected chi connectivity index (χ1v) is 8.84. The Balaban J connectivity index is 0.00000312. The first-order valence-electron chi connectivity index (χ1n) is 8.84. The van der Waals surface area contributed by atoms with Gasteiger partial charge in [-0.05, 0) is 43.9 Å². The van der Waals surface area contributed by atoms with Gasteiger partial charge in [-0.3, -0.25) is 4.98 Å². The van der Waals surface area contributed by atoms with E-state index in [2.05, 4.69) is 57.9 Å².